The number of hydrogen-bond donors (Lipinski definition) is 1. The molecular formula is C19H20N2O5. The molecule has 1 aromatic rings. The molecule has 1 amide bonds. The van der Waals surface area contributed by atoms with Crippen molar-refractivity contribution in [2.45, 2.75) is 25.3 Å². The van der Waals surface area contributed by atoms with E-state index in [1.165, 1.54) is 6.08 Å². The van der Waals surface area contributed by atoms with Gasteiger partial charge in [-0.25, -0.2) is 4.79 Å². The lowest BCUT2D eigenvalue weighted by Crippen LogP contribution is -2.48. The van der Waals surface area contributed by atoms with Crippen LogP contribution in [0.25, 0.3) is 6.08 Å². The molecule has 1 saturated carbocycles. The van der Waals surface area contributed by atoms with Crippen LogP contribution in [0.1, 0.15) is 25.3 Å². The zero-order chi connectivity index (χ0) is 18.6. The predicted octanol–water partition coefficient (Wildman–Crippen LogP) is 1.82. The number of fused-ring (bicyclic) bond motifs is 1. The zero-order valence-electron chi connectivity index (χ0n) is 14.5. The van der Waals surface area contributed by atoms with E-state index in [0.29, 0.717) is 24.7 Å². The highest BCUT2D eigenvalue weighted by Gasteiger charge is 2.43. The summed E-state index contributed by atoms with van der Waals surface area (Å²) in [5, 5.41) is 11.9. The Morgan fingerprint density at radius 1 is 1.35 bits per heavy atom. The van der Waals surface area contributed by atoms with E-state index in [1.807, 2.05) is 0 Å². The SMILES string of the molecule is C[C@](C#N)(NC(=O)COC(=O)/C=C/c1ccc2c(c1)OCCO2)C1CC1. The fraction of sp³-hybridized carbons (Fsp3) is 0.421. The molecule has 0 saturated heterocycles. The molecule has 2 aliphatic rings. The minimum atomic E-state index is -0.898. The largest absolute Gasteiger partial charge is 0.486 e. The van der Waals surface area contributed by atoms with Crippen molar-refractivity contribution < 1.29 is 23.8 Å². The van der Waals surface area contributed by atoms with Gasteiger partial charge in [0.15, 0.2) is 18.1 Å². The molecule has 1 aliphatic heterocycles. The van der Waals surface area contributed by atoms with Gasteiger partial charge in [0, 0.05) is 6.08 Å². The van der Waals surface area contributed by atoms with Gasteiger partial charge in [0.25, 0.3) is 5.91 Å². The Labute approximate surface area is 151 Å². The summed E-state index contributed by atoms with van der Waals surface area (Å²) in [5.74, 6) is 0.343. The summed E-state index contributed by atoms with van der Waals surface area (Å²) in [7, 11) is 0. The molecule has 136 valence electrons. The molecule has 1 fully saturated rings. The number of nitriles is 1. The summed E-state index contributed by atoms with van der Waals surface area (Å²) in [4.78, 5) is 23.7. The van der Waals surface area contributed by atoms with Crippen LogP contribution in [0, 0.1) is 17.2 Å². The number of esters is 1. The lowest BCUT2D eigenvalue weighted by atomic mass is 9.98. The van der Waals surface area contributed by atoms with Gasteiger partial charge in [0.05, 0.1) is 6.07 Å². The van der Waals surface area contributed by atoms with Crippen LogP contribution >= 0.6 is 0 Å². The molecular weight excluding hydrogens is 336 g/mol. The fourth-order valence-corrected chi connectivity index (χ4v) is 2.72. The van der Waals surface area contributed by atoms with E-state index >= 15 is 0 Å². The zero-order valence-corrected chi connectivity index (χ0v) is 14.5. The van der Waals surface area contributed by atoms with Gasteiger partial charge in [-0.3, -0.25) is 4.79 Å². The van der Waals surface area contributed by atoms with Crippen LogP contribution in [0.4, 0.5) is 0 Å². The highest BCUT2D eigenvalue weighted by molar-refractivity contribution is 5.89. The van der Waals surface area contributed by atoms with Crippen molar-refractivity contribution in [2.75, 3.05) is 19.8 Å². The molecule has 7 nitrogen and oxygen atoms in total. The monoisotopic (exact) mass is 356 g/mol. The molecule has 0 aromatic heterocycles. The van der Waals surface area contributed by atoms with Crippen molar-refractivity contribution in [3.63, 3.8) is 0 Å². The van der Waals surface area contributed by atoms with Crippen molar-refractivity contribution in [3.05, 3.63) is 29.8 Å². The predicted molar refractivity (Wildman–Crippen MR) is 92.3 cm³/mol. The number of carbonyl (C=O) groups excluding carboxylic acids is 2. The normalized spacial score (nSPS) is 17.8. The molecule has 1 N–H and O–H groups in total. The smallest absolute Gasteiger partial charge is 0.331 e. The first kappa shape index (κ1) is 17.8. The Balaban J connectivity index is 1.48. The average Bonchev–Trinajstić information content (AvgIpc) is 3.50. The van der Waals surface area contributed by atoms with Crippen LogP contribution in [0.3, 0.4) is 0 Å². The molecule has 1 heterocycles. The Morgan fingerprint density at radius 2 is 2.08 bits per heavy atom. The van der Waals surface area contributed by atoms with Crippen LogP contribution < -0.4 is 14.8 Å². The third-order valence-electron chi connectivity index (χ3n) is 4.35. The number of carbonyl (C=O) groups is 2. The Kier molecular flexibility index (Phi) is 5.12. The number of benzene rings is 1. The summed E-state index contributed by atoms with van der Waals surface area (Å²) >= 11 is 0. The minimum Gasteiger partial charge on any atom is -0.486 e. The number of ether oxygens (including phenoxy) is 3. The van der Waals surface area contributed by atoms with E-state index in [0.717, 1.165) is 18.4 Å². The molecule has 26 heavy (non-hydrogen) atoms. The average molecular weight is 356 g/mol. The molecule has 1 atom stereocenters. The number of amides is 1. The van der Waals surface area contributed by atoms with E-state index in [2.05, 4.69) is 11.4 Å². The van der Waals surface area contributed by atoms with Gasteiger partial charge < -0.3 is 19.5 Å². The highest BCUT2D eigenvalue weighted by atomic mass is 16.6. The van der Waals surface area contributed by atoms with Crippen LogP contribution in [0.15, 0.2) is 24.3 Å². The summed E-state index contributed by atoms with van der Waals surface area (Å²) in [5.41, 5.74) is -0.147. The maximum atomic E-state index is 11.9. The van der Waals surface area contributed by atoms with Crippen molar-refractivity contribution in [1.82, 2.24) is 5.32 Å². The van der Waals surface area contributed by atoms with Gasteiger partial charge in [0.1, 0.15) is 18.8 Å². The van der Waals surface area contributed by atoms with Gasteiger partial charge in [-0.05, 0) is 49.5 Å². The van der Waals surface area contributed by atoms with Crippen molar-refractivity contribution in [2.24, 2.45) is 5.92 Å². The molecule has 3 rings (SSSR count). The quantitative estimate of drug-likeness (QED) is 0.617. The second-order valence-corrected chi connectivity index (χ2v) is 6.48. The molecule has 1 aromatic carbocycles. The maximum Gasteiger partial charge on any atom is 0.331 e. The number of hydrogen-bond acceptors (Lipinski definition) is 6. The topological polar surface area (TPSA) is 97.7 Å². The van der Waals surface area contributed by atoms with E-state index in [9.17, 15) is 14.9 Å². The Morgan fingerprint density at radius 3 is 2.77 bits per heavy atom. The van der Waals surface area contributed by atoms with Gasteiger partial charge in [-0.2, -0.15) is 5.26 Å². The van der Waals surface area contributed by atoms with Crippen LogP contribution in [-0.4, -0.2) is 37.2 Å². The molecule has 7 heteroatoms. The van der Waals surface area contributed by atoms with Crippen LogP contribution in [0.5, 0.6) is 11.5 Å². The lowest BCUT2D eigenvalue weighted by molar-refractivity contribution is -0.144. The lowest BCUT2D eigenvalue weighted by Gasteiger charge is -2.22. The summed E-state index contributed by atoms with van der Waals surface area (Å²) in [6.45, 7) is 2.27. The fourth-order valence-electron chi connectivity index (χ4n) is 2.72. The van der Waals surface area contributed by atoms with Gasteiger partial charge in [-0.1, -0.05) is 6.07 Å². The third kappa shape index (κ3) is 4.33. The Bertz CT molecular complexity index is 779. The standard InChI is InChI=1S/C19H20N2O5/c1-19(12-20,14-4-5-14)21-17(22)11-26-18(23)7-3-13-2-6-15-16(10-13)25-9-8-24-15/h2-3,6-7,10,14H,4-5,8-9,11H2,1H3,(H,21,22)/b7-3+/t19-/m1/s1. The van der Waals surface area contributed by atoms with Crippen molar-refractivity contribution in [1.29, 1.82) is 5.26 Å². The second kappa shape index (κ2) is 7.48. The molecule has 0 radical (unpaired) electrons. The van der Waals surface area contributed by atoms with Gasteiger partial charge in [-0.15, -0.1) is 0 Å². The van der Waals surface area contributed by atoms with E-state index in [-0.39, 0.29) is 5.92 Å². The summed E-state index contributed by atoms with van der Waals surface area (Å²) in [6.07, 6.45) is 4.65. The number of nitrogens with one attached hydrogen (secondary N) is 1. The first-order valence-electron chi connectivity index (χ1n) is 8.47. The number of nitrogens with zero attached hydrogens (tertiary/aromatic N) is 1. The van der Waals surface area contributed by atoms with Crippen molar-refractivity contribution in [3.8, 4) is 17.6 Å². The molecule has 0 unspecified atom stereocenters. The molecule has 0 bridgehead atoms. The van der Waals surface area contributed by atoms with Gasteiger partial charge in [0.2, 0.25) is 0 Å². The second-order valence-electron chi connectivity index (χ2n) is 6.48. The molecule has 1 aliphatic carbocycles. The van der Waals surface area contributed by atoms with E-state index in [4.69, 9.17) is 14.2 Å². The summed E-state index contributed by atoms with van der Waals surface area (Å²) < 4.78 is 15.8. The summed E-state index contributed by atoms with van der Waals surface area (Å²) in [6, 6.07) is 7.45. The highest BCUT2D eigenvalue weighted by Crippen LogP contribution is 2.39. The van der Waals surface area contributed by atoms with Crippen LogP contribution in [-0.2, 0) is 14.3 Å². The van der Waals surface area contributed by atoms with E-state index in [1.54, 1.807) is 31.2 Å². The van der Waals surface area contributed by atoms with Gasteiger partial charge >= 0.3 is 5.97 Å². The maximum absolute atomic E-state index is 11.9. The third-order valence-corrected chi connectivity index (χ3v) is 4.35. The number of rotatable bonds is 6. The Hall–Kier alpha value is -3.01. The van der Waals surface area contributed by atoms with E-state index < -0.39 is 24.0 Å². The molecule has 0 spiro atoms. The minimum absolute atomic E-state index is 0.169. The first-order chi connectivity index (χ1) is 12.5. The van der Waals surface area contributed by atoms with Crippen LogP contribution in [0.2, 0.25) is 0 Å². The van der Waals surface area contributed by atoms with Crippen molar-refractivity contribution >= 4 is 18.0 Å². The first-order valence-corrected chi connectivity index (χ1v) is 8.47.